The molecule has 150 valence electrons. The number of aromatic nitrogens is 2. The number of aliphatic hydroxyl groups excluding tert-OH is 1. The minimum Gasteiger partial charge on any atom is -0.392 e. The van der Waals surface area contributed by atoms with Crippen molar-refractivity contribution in [2.24, 2.45) is 0 Å². The van der Waals surface area contributed by atoms with Gasteiger partial charge in [-0.1, -0.05) is 0 Å². The molecule has 3 heterocycles. The predicted octanol–water partition coefficient (Wildman–Crippen LogP) is 2.54. The van der Waals surface area contributed by atoms with Crippen LogP contribution in [-0.2, 0) is 19.4 Å². The van der Waals surface area contributed by atoms with Gasteiger partial charge in [0.25, 0.3) is 0 Å². The number of alkyl halides is 1. The summed E-state index contributed by atoms with van der Waals surface area (Å²) in [6.07, 6.45) is 3.93. The van der Waals surface area contributed by atoms with Crippen LogP contribution in [0.25, 0.3) is 0 Å². The number of nitrogens with zero attached hydrogens (tertiary/aromatic N) is 4. The molecule has 3 rings (SSSR count). The standard InChI is InChI=1S/C20H20FN5O3/c21-5-1-3-13-8-18(23-10-16(13)9-22)25-20(29)26-6-2-4-14-7-15(11-27)17(12-28)24-19(14)26/h7-8,10,12,27H,1-6,11H2,(H,23,25,29). The largest absolute Gasteiger partial charge is 0.392 e. The number of urea groups is 1. The number of aryl methyl sites for hydroxylation is 2. The highest BCUT2D eigenvalue weighted by Crippen LogP contribution is 2.28. The van der Waals surface area contributed by atoms with Gasteiger partial charge in [-0.25, -0.2) is 14.8 Å². The molecule has 0 aliphatic carbocycles. The molecule has 8 nitrogen and oxygen atoms in total. The second-order valence-electron chi connectivity index (χ2n) is 6.61. The van der Waals surface area contributed by atoms with Crippen molar-refractivity contribution in [1.82, 2.24) is 9.97 Å². The maximum Gasteiger partial charge on any atom is 0.328 e. The summed E-state index contributed by atoms with van der Waals surface area (Å²) < 4.78 is 12.5. The highest BCUT2D eigenvalue weighted by molar-refractivity contribution is 6.01. The Morgan fingerprint density at radius 2 is 2.24 bits per heavy atom. The van der Waals surface area contributed by atoms with E-state index in [1.807, 2.05) is 6.07 Å². The molecule has 1 aliphatic heterocycles. The fraction of sp³-hybridized carbons (Fsp3) is 0.350. The summed E-state index contributed by atoms with van der Waals surface area (Å²) in [5.74, 6) is 0.622. The van der Waals surface area contributed by atoms with Crippen molar-refractivity contribution in [3.63, 3.8) is 0 Å². The third-order valence-electron chi connectivity index (χ3n) is 4.73. The molecule has 0 radical (unpaired) electrons. The van der Waals surface area contributed by atoms with Crippen LogP contribution in [0.3, 0.4) is 0 Å². The van der Waals surface area contributed by atoms with Crippen LogP contribution in [0.5, 0.6) is 0 Å². The average molecular weight is 397 g/mol. The second-order valence-corrected chi connectivity index (χ2v) is 6.61. The lowest BCUT2D eigenvalue weighted by atomic mass is 10.0. The van der Waals surface area contributed by atoms with Crippen LogP contribution in [0.2, 0.25) is 0 Å². The molecule has 0 aromatic carbocycles. The van der Waals surface area contributed by atoms with Crippen molar-refractivity contribution >= 4 is 24.0 Å². The quantitative estimate of drug-likeness (QED) is 0.723. The van der Waals surface area contributed by atoms with E-state index in [4.69, 9.17) is 5.26 Å². The monoisotopic (exact) mass is 397 g/mol. The SMILES string of the molecule is N#Cc1cnc(NC(=O)N2CCCc3cc(CO)c(C=O)nc32)cc1CCCF. The van der Waals surface area contributed by atoms with Crippen LogP contribution in [-0.4, -0.2) is 40.6 Å². The van der Waals surface area contributed by atoms with Gasteiger partial charge in [0, 0.05) is 18.3 Å². The van der Waals surface area contributed by atoms with Gasteiger partial charge >= 0.3 is 6.03 Å². The van der Waals surface area contributed by atoms with Crippen molar-refractivity contribution in [1.29, 1.82) is 5.26 Å². The summed E-state index contributed by atoms with van der Waals surface area (Å²) in [4.78, 5) is 33.9. The summed E-state index contributed by atoms with van der Waals surface area (Å²) >= 11 is 0. The Morgan fingerprint density at radius 3 is 2.93 bits per heavy atom. The van der Waals surface area contributed by atoms with E-state index in [9.17, 15) is 19.1 Å². The Labute approximate surface area is 167 Å². The molecule has 0 fully saturated rings. The first kappa shape index (κ1) is 20.4. The van der Waals surface area contributed by atoms with Crippen LogP contribution in [0, 0.1) is 11.3 Å². The molecule has 2 aromatic rings. The van der Waals surface area contributed by atoms with Crippen LogP contribution >= 0.6 is 0 Å². The summed E-state index contributed by atoms with van der Waals surface area (Å²) in [5.41, 5.74) is 2.25. The van der Waals surface area contributed by atoms with Gasteiger partial charge in [0.15, 0.2) is 6.29 Å². The molecule has 2 aromatic heterocycles. The zero-order valence-electron chi connectivity index (χ0n) is 15.7. The number of carbonyl (C=O) groups excluding carboxylic acids is 2. The molecule has 29 heavy (non-hydrogen) atoms. The molecule has 1 aliphatic rings. The first-order valence-corrected chi connectivity index (χ1v) is 9.23. The molecule has 0 unspecified atom stereocenters. The number of rotatable bonds is 6. The Kier molecular flexibility index (Phi) is 6.46. The number of hydrogen-bond acceptors (Lipinski definition) is 6. The highest BCUT2D eigenvalue weighted by Gasteiger charge is 2.26. The topological polar surface area (TPSA) is 119 Å². The highest BCUT2D eigenvalue weighted by atomic mass is 19.1. The fourth-order valence-electron chi connectivity index (χ4n) is 3.29. The minimum absolute atomic E-state index is 0.0935. The second kappa shape index (κ2) is 9.21. The van der Waals surface area contributed by atoms with Crippen LogP contribution in [0.4, 0.5) is 20.8 Å². The molecular formula is C20H20FN5O3. The van der Waals surface area contributed by atoms with Gasteiger partial charge in [0.05, 0.1) is 18.8 Å². The third-order valence-corrected chi connectivity index (χ3v) is 4.73. The first-order chi connectivity index (χ1) is 14.1. The van der Waals surface area contributed by atoms with Gasteiger partial charge in [0.2, 0.25) is 0 Å². The van der Waals surface area contributed by atoms with Gasteiger partial charge in [-0.2, -0.15) is 5.26 Å². The number of pyridine rings is 2. The number of nitriles is 1. The number of hydrogen-bond donors (Lipinski definition) is 2. The Morgan fingerprint density at radius 1 is 1.41 bits per heavy atom. The van der Waals surface area contributed by atoms with Crippen LogP contribution in [0.1, 0.15) is 45.6 Å². The maximum absolute atomic E-state index is 12.8. The van der Waals surface area contributed by atoms with E-state index in [1.54, 1.807) is 12.1 Å². The number of anilines is 2. The van der Waals surface area contributed by atoms with Gasteiger partial charge in [-0.3, -0.25) is 19.4 Å². The first-order valence-electron chi connectivity index (χ1n) is 9.23. The molecule has 0 bridgehead atoms. The summed E-state index contributed by atoms with van der Waals surface area (Å²) in [5, 5.41) is 21.2. The van der Waals surface area contributed by atoms with Gasteiger partial charge < -0.3 is 5.11 Å². The number of aliphatic hydroxyl groups is 1. The number of halogens is 1. The van der Waals surface area contributed by atoms with E-state index in [-0.39, 0.29) is 24.5 Å². The number of fused-ring (bicyclic) bond motifs is 1. The van der Waals surface area contributed by atoms with Crippen LogP contribution < -0.4 is 10.2 Å². The Bertz CT molecular complexity index is 973. The molecule has 2 amide bonds. The number of aldehydes is 1. The van der Waals surface area contributed by atoms with E-state index >= 15 is 0 Å². The van der Waals surface area contributed by atoms with E-state index < -0.39 is 12.7 Å². The fourth-order valence-corrected chi connectivity index (χ4v) is 3.29. The molecule has 2 N–H and O–H groups in total. The molecule has 0 spiro atoms. The van der Waals surface area contributed by atoms with E-state index in [2.05, 4.69) is 15.3 Å². The third kappa shape index (κ3) is 4.38. The lowest BCUT2D eigenvalue weighted by molar-refractivity contribution is 0.111. The molecule has 0 saturated heterocycles. The zero-order valence-corrected chi connectivity index (χ0v) is 15.7. The van der Waals surface area contributed by atoms with Crippen LogP contribution in [0.15, 0.2) is 18.3 Å². The minimum atomic E-state index is -0.500. The smallest absolute Gasteiger partial charge is 0.328 e. The van der Waals surface area contributed by atoms with Crippen molar-refractivity contribution < 1.29 is 19.1 Å². The normalized spacial score (nSPS) is 12.8. The van der Waals surface area contributed by atoms with Crippen molar-refractivity contribution in [3.05, 3.63) is 46.3 Å². The molecule has 0 atom stereocenters. The van der Waals surface area contributed by atoms with Gasteiger partial charge in [-0.05, 0) is 48.9 Å². The number of carbonyl (C=O) groups is 2. The van der Waals surface area contributed by atoms with Crippen molar-refractivity contribution in [3.8, 4) is 6.07 Å². The van der Waals surface area contributed by atoms with Crippen molar-refractivity contribution in [2.45, 2.75) is 32.3 Å². The average Bonchev–Trinajstić information content (AvgIpc) is 2.76. The Balaban J connectivity index is 1.86. The molecule has 9 heteroatoms. The number of amides is 2. The lowest BCUT2D eigenvalue weighted by Crippen LogP contribution is -2.40. The summed E-state index contributed by atoms with van der Waals surface area (Å²) in [6.45, 7) is -0.398. The molecule has 0 saturated carbocycles. The van der Waals surface area contributed by atoms with Gasteiger partial charge in [-0.15, -0.1) is 0 Å². The van der Waals surface area contributed by atoms with Gasteiger partial charge in [0.1, 0.15) is 23.4 Å². The molecular weight excluding hydrogens is 377 g/mol. The van der Waals surface area contributed by atoms with E-state index in [1.165, 1.54) is 11.1 Å². The zero-order chi connectivity index (χ0) is 20.8. The van der Waals surface area contributed by atoms with E-state index in [0.29, 0.717) is 54.6 Å². The predicted molar refractivity (Wildman–Crippen MR) is 103 cm³/mol. The Hall–Kier alpha value is -3.38. The summed E-state index contributed by atoms with van der Waals surface area (Å²) in [7, 11) is 0. The number of nitrogens with one attached hydrogen (secondary N) is 1. The summed E-state index contributed by atoms with van der Waals surface area (Å²) in [6, 6.07) is 4.80. The maximum atomic E-state index is 12.8. The van der Waals surface area contributed by atoms with Crippen molar-refractivity contribution in [2.75, 3.05) is 23.4 Å². The van der Waals surface area contributed by atoms with E-state index in [0.717, 1.165) is 5.56 Å². The lowest BCUT2D eigenvalue weighted by Gasteiger charge is -2.29.